The van der Waals surface area contributed by atoms with Gasteiger partial charge in [0.2, 0.25) is 0 Å². The van der Waals surface area contributed by atoms with Crippen LogP contribution in [0.4, 0.5) is 0 Å². The number of ketones is 1. The van der Waals surface area contributed by atoms with Gasteiger partial charge in [-0.1, -0.05) is 37.9 Å². The highest BCUT2D eigenvalue weighted by atomic mass is 31.2. The second kappa shape index (κ2) is 8.43. The summed E-state index contributed by atoms with van der Waals surface area (Å²) >= 11 is 0. The molecule has 6 heteroatoms. The highest BCUT2D eigenvalue weighted by Gasteiger charge is 2.41. The molecule has 0 saturated carbocycles. The molecule has 148 valence electrons. The molecule has 1 aromatic rings. The summed E-state index contributed by atoms with van der Waals surface area (Å²) in [5, 5.41) is 1.08. The van der Waals surface area contributed by atoms with Crippen molar-refractivity contribution >= 4 is 35.2 Å². The number of methoxy groups -OCH3 is 2. The van der Waals surface area contributed by atoms with Crippen LogP contribution in [0.3, 0.4) is 0 Å². The standard InChI is InChI=1S/C21H29O5P/c1-13-8-7-9-27(12-13,18-15(3)10-14(2)11-16(18)4)19(21(24)26-6)17(22)20(23)25-5/h10-11,13H,7-9,12H2,1-6H3. The van der Waals surface area contributed by atoms with Crippen LogP contribution in [0.25, 0.3) is 0 Å². The zero-order valence-corrected chi connectivity index (χ0v) is 17.9. The predicted molar refractivity (Wildman–Crippen MR) is 109 cm³/mol. The molecule has 1 heterocycles. The first-order valence-electron chi connectivity index (χ1n) is 9.22. The van der Waals surface area contributed by atoms with Gasteiger partial charge in [-0.3, -0.25) is 4.79 Å². The van der Waals surface area contributed by atoms with E-state index in [1.807, 2.05) is 20.8 Å². The molecule has 0 N–H and O–H groups in total. The van der Waals surface area contributed by atoms with Gasteiger partial charge in [-0.15, -0.1) is 0 Å². The molecule has 0 aromatic heterocycles. The van der Waals surface area contributed by atoms with E-state index >= 15 is 0 Å². The van der Waals surface area contributed by atoms with Crippen molar-refractivity contribution in [1.29, 1.82) is 0 Å². The maximum Gasteiger partial charge on any atom is 0.379 e. The van der Waals surface area contributed by atoms with Crippen LogP contribution >= 0.6 is 6.89 Å². The van der Waals surface area contributed by atoms with Gasteiger partial charge in [-0.25, -0.2) is 9.59 Å². The third-order valence-electron chi connectivity index (χ3n) is 5.32. The van der Waals surface area contributed by atoms with E-state index in [4.69, 9.17) is 4.74 Å². The molecule has 2 unspecified atom stereocenters. The van der Waals surface area contributed by atoms with Crippen molar-refractivity contribution < 1.29 is 23.9 Å². The summed E-state index contributed by atoms with van der Waals surface area (Å²) < 4.78 is 9.66. The highest BCUT2D eigenvalue weighted by Crippen LogP contribution is 2.55. The first-order valence-corrected chi connectivity index (χ1v) is 11.4. The molecule has 1 aromatic carbocycles. The van der Waals surface area contributed by atoms with Gasteiger partial charge in [-0.2, -0.15) is 0 Å². The monoisotopic (exact) mass is 392 g/mol. The third-order valence-corrected chi connectivity index (χ3v) is 10.4. The van der Waals surface area contributed by atoms with Gasteiger partial charge in [0.25, 0.3) is 5.78 Å². The van der Waals surface area contributed by atoms with E-state index < -0.39 is 24.6 Å². The number of aryl methyl sites for hydroxylation is 3. The van der Waals surface area contributed by atoms with Crippen molar-refractivity contribution in [3.05, 3.63) is 28.8 Å². The highest BCUT2D eigenvalue weighted by molar-refractivity contribution is 7.86. The molecule has 0 aliphatic carbocycles. The van der Waals surface area contributed by atoms with Crippen molar-refractivity contribution in [2.24, 2.45) is 5.92 Å². The largest absolute Gasteiger partial charge is 0.465 e. The smallest absolute Gasteiger partial charge is 0.379 e. The van der Waals surface area contributed by atoms with Crippen LogP contribution < -0.4 is 5.30 Å². The minimum absolute atomic E-state index is 0.0125. The van der Waals surface area contributed by atoms with Crippen molar-refractivity contribution in [3.63, 3.8) is 0 Å². The van der Waals surface area contributed by atoms with Gasteiger partial charge < -0.3 is 9.47 Å². The SMILES string of the molecule is COC(=O)C(=O)C(C(=O)OC)=P1(c2c(C)cc(C)cc2C)CCCC(C)C1. The van der Waals surface area contributed by atoms with Crippen LogP contribution in [0.5, 0.6) is 0 Å². The van der Waals surface area contributed by atoms with E-state index in [1.54, 1.807) is 0 Å². The summed E-state index contributed by atoms with van der Waals surface area (Å²) in [4.78, 5) is 37.9. The molecule has 1 fully saturated rings. The van der Waals surface area contributed by atoms with Crippen LogP contribution in [0.2, 0.25) is 0 Å². The molecular formula is C21H29O5P. The second-order valence-corrected chi connectivity index (χ2v) is 11.2. The van der Waals surface area contributed by atoms with Crippen LogP contribution in [0.1, 0.15) is 36.5 Å². The number of benzene rings is 1. The Morgan fingerprint density at radius 3 is 2.04 bits per heavy atom. The van der Waals surface area contributed by atoms with Gasteiger partial charge in [0.05, 0.1) is 14.2 Å². The molecule has 2 atom stereocenters. The summed E-state index contributed by atoms with van der Waals surface area (Å²) in [6.07, 6.45) is 3.42. The lowest BCUT2D eigenvalue weighted by Crippen LogP contribution is -2.39. The fourth-order valence-electron chi connectivity index (χ4n) is 4.54. The van der Waals surface area contributed by atoms with Gasteiger partial charge in [0, 0.05) is 0 Å². The van der Waals surface area contributed by atoms with E-state index in [0.29, 0.717) is 5.92 Å². The van der Waals surface area contributed by atoms with Crippen LogP contribution in [-0.2, 0) is 23.9 Å². The molecule has 2 rings (SSSR count). The topological polar surface area (TPSA) is 69.7 Å². The molecule has 1 aliphatic heterocycles. The summed E-state index contributed by atoms with van der Waals surface area (Å²) in [6.45, 7) is 5.81. The normalized spacial score (nSPS) is 22.1. The molecule has 1 saturated heterocycles. The first-order chi connectivity index (χ1) is 12.7. The fourth-order valence-corrected chi connectivity index (χ4v) is 10.1. The van der Waals surface area contributed by atoms with E-state index in [2.05, 4.69) is 23.8 Å². The average Bonchev–Trinajstić information content (AvgIpc) is 2.59. The number of rotatable bonds is 4. The van der Waals surface area contributed by atoms with Gasteiger partial charge in [0.1, 0.15) is 5.29 Å². The van der Waals surface area contributed by atoms with Gasteiger partial charge in [-0.05, 0) is 61.9 Å². The minimum atomic E-state index is -2.41. The average molecular weight is 392 g/mol. The molecule has 0 spiro atoms. The lowest BCUT2D eigenvalue weighted by molar-refractivity contribution is -0.149. The number of carbonyl (C=O) groups excluding carboxylic acids is 3. The number of carbonyl (C=O) groups is 3. The van der Waals surface area contributed by atoms with Crippen molar-refractivity contribution in [3.8, 4) is 0 Å². The number of hydrogen-bond acceptors (Lipinski definition) is 5. The number of Topliss-reactive ketones (excluding diaryl/α,β-unsaturated/α-hetero) is 1. The number of ether oxygens (including phenoxy) is 2. The van der Waals surface area contributed by atoms with E-state index in [0.717, 1.165) is 54.3 Å². The van der Waals surface area contributed by atoms with Crippen molar-refractivity contribution in [2.75, 3.05) is 26.5 Å². The summed E-state index contributed by atoms with van der Waals surface area (Å²) in [5.74, 6) is -2.20. The van der Waals surface area contributed by atoms with E-state index in [1.165, 1.54) is 7.11 Å². The molecule has 0 bridgehead atoms. The van der Waals surface area contributed by atoms with Crippen LogP contribution in [0.15, 0.2) is 12.1 Å². The Kier molecular flexibility index (Phi) is 6.69. The molecule has 0 amide bonds. The Labute approximate surface area is 161 Å². The Bertz CT molecular complexity index is 814. The zero-order chi connectivity index (χ0) is 20.4. The van der Waals surface area contributed by atoms with Crippen molar-refractivity contribution in [1.82, 2.24) is 0 Å². The fraction of sp³-hybridized carbons (Fsp3) is 0.524. The van der Waals surface area contributed by atoms with Gasteiger partial charge >= 0.3 is 11.9 Å². The van der Waals surface area contributed by atoms with Crippen LogP contribution in [-0.4, -0.2) is 49.6 Å². The summed E-state index contributed by atoms with van der Waals surface area (Å²) in [5.41, 5.74) is 3.26. The number of hydrogen-bond donors (Lipinski definition) is 0. The van der Waals surface area contributed by atoms with Crippen molar-refractivity contribution in [2.45, 2.75) is 40.5 Å². The summed E-state index contributed by atoms with van der Waals surface area (Å²) in [6, 6.07) is 4.17. The van der Waals surface area contributed by atoms with Gasteiger partial charge in [0.15, 0.2) is 0 Å². The number of esters is 2. The second-order valence-electron chi connectivity index (χ2n) is 7.53. The third kappa shape index (κ3) is 4.03. The maximum absolute atomic E-state index is 13.0. The molecule has 1 aliphatic rings. The molecule has 27 heavy (non-hydrogen) atoms. The Morgan fingerprint density at radius 1 is 1.00 bits per heavy atom. The molecule has 5 nitrogen and oxygen atoms in total. The van der Waals surface area contributed by atoms with E-state index in [9.17, 15) is 14.4 Å². The minimum Gasteiger partial charge on any atom is -0.465 e. The van der Waals surface area contributed by atoms with Crippen LogP contribution in [0, 0.1) is 26.7 Å². The Morgan fingerprint density at radius 2 is 1.56 bits per heavy atom. The lowest BCUT2D eigenvalue weighted by atomic mass is 10.1. The van der Waals surface area contributed by atoms with E-state index in [-0.39, 0.29) is 5.29 Å². The lowest BCUT2D eigenvalue weighted by Gasteiger charge is -2.38. The Balaban J connectivity index is 2.98. The summed E-state index contributed by atoms with van der Waals surface area (Å²) in [7, 11) is 2.41. The quantitative estimate of drug-likeness (QED) is 0.341. The zero-order valence-electron chi connectivity index (χ0n) is 17.0. The first kappa shape index (κ1) is 21.4. The predicted octanol–water partition coefficient (Wildman–Crippen LogP) is 2.77. The maximum atomic E-state index is 13.0. The molecule has 0 radical (unpaired) electrons. The molecular weight excluding hydrogens is 363 g/mol. The Hall–Kier alpha value is -1.87.